The first-order valence-electron chi connectivity index (χ1n) is 8.83. The van der Waals surface area contributed by atoms with Crippen molar-refractivity contribution in [2.45, 2.75) is 32.2 Å². The Morgan fingerprint density at radius 2 is 1.93 bits per heavy atom. The number of thiophene rings is 1. The van der Waals surface area contributed by atoms with Gasteiger partial charge in [-0.25, -0.2) is 9.97 Å². The molecule has 3 heterocycles. The minimum Gasteiger partial charge on any atom is -0.490 e. The minimum atomic E-state index is 0.0460. The second-order valence-electron chi connectivity index (χ2n) is 6.46. The molecular formula is C20H20N2O3S2. The highest BCUT2D eigenvalue weighted by atomic mass is 32.2. The zero-order valence-corrected chi connectivity index (χ0v) is 17.1. The van der Waals surface area contributed by atoms with Crippen LogP contribution in [0.2, 0.25) is 0 Å². The molecule has 0 saturated heterocycles. The summed E-state index contributed by atoms with van der Waals surface area (Å²) in [5.74, 6) is 2.44. The van der Waals surface area contributed by atoms with Crippen LogP contribution in [0.3, 0.4) is 0 Å². The lowest BCUT2D eigenvalue weighted by Gasteiger charge is -2.09. The number of carbonyl (C=O) groups excluding carboxylic acids is 1. The number of aromatic nitrogens is 2. The third-order valence-corrected chi connectivity index (χ3v) is 6.59. The van der Waals surface area contributed by atoms with Gasteiger partial charge >= 0.3 is 0 Å². The first-order valence-corrected chi connectivity index (χ1v) is 10.6. The molecular weight excluding hydrogens is 380 g/mol. The zero-order chi connectivity index (χ0) is 19.0. The number of hydrogen-bond acceptors (Lipinski definition) is 7. The molecule has 0 N–H and O–H groups in total. The molecule has 3 aromatic rings. The molecule has 0 saturated carbocycles. The normalized spacial score (nSPS) is 13.6. The molecule has 2 aromatic heterocycles. The van der Waals surface area contributed by atoms with Gasteiger partial charge in [0.25, 0.3) is 0 Å². The topological polar surface area (TPSA) is 61.3 Å². The standard InChI is InChI=1S/C20H20N2O3S2/c1-11-12(2)27-20-18(11)19(21-13(3)22-20)26-10-15(23)14-5-6-16-17(9-14)25-8-4-7-24-16/h5-6,9H,4,7-8,10H2,1-3H3. The van der Waals surface area contributed by atoms with Crippen molar-refractivity contribution in [1.29, 1.82) is 0 Å². The van der Waals surface area contributed by atoms with E-state index in [4.69, 9.17) is 9.47 Å². The molecule has 27 heavy (non-hydrogen) atoms. The number of thioether (sulfide) groups is 1. The molecule has 0 spiro atoms. The van der Waals surface area contributed by atoms with Crippen LogP contribution in [-0.2, 0) is 0 Å². The van der Waals surface area contributed by atoms with Gasteiger partial charge in [0.05, 0.1) is 19.0 Å². The van der Waals surface area contributed by atoms with Crippen molar-refractivity contribution < 1.29 is 14.3 Å². The fraction of sp³-hybridized carbons (Fsp3) is 0.350. The van der Waals surface area contributed by atoms with Gasteiger partial charge in [-0.1, -0.05) is 11.8 Å². The average Bonchev–Trinajstić information content (AvgIpc) is 2.83. The van der Waals surface area contributed by atoms with Gasteiger partial charge in [-0.05, 0) is 44.5 Å². The number of carbonyl (C=O) groups is 1. The second-order valence-corrected chi connectivity index (χ2v) is 8.63. The van der Waals surface area contributed by atoms with Crippen molar-refractivity contribution in [3.8, 4) is 11.5 Å². The third-order valence-electron chi connectivity index (χ3n) is 4.52. The largest absolute Gasteiger partial charge is 0.490 e. The lowest BCUT2D eigenvalue weighted by molar-refractivity contribution is 0.102. The van der Waals surface area contributed by atoms with E-state index in [2.05, 4.69) is 23.8 Å². The van der Waals surface area contributed by atoms with Crippen LogP contribution >= 0.6 is 23.1 Å². The first kappa shape index (κ1) is 18.3. The number of rotatable bonds is 4. The summed E-state index contributed by atoms with van der Waals surface area (Å²) in [6.45, 7) is 7.31. The van der Waals surface area contributed by atoms with Crippen LogP contribution in [0.4, 0.5) is 0 Å². The van der Waals surface area contributed by atoms with Crippen molar-refractivity contribution in [2.24, 2.45) is 0 Å². The summed E-state index contributed by atoms with van der Waals surface area (Å²) >= 11 is 3.15. The average molecular weight is 401 g/mol. The molecule has 0 amide bonds. The van der Waals surface area contributed by atoms with Gasteiger partial charge < -0.3 is 9.47 Å². The molecule has 140 valence electrons. The SMILES string of the molecule is Cc1nc(SCC(=O)c2ccc3c(c2)OCCCO3)c2c(C)c(C)sc2n1. The summed E-state index contributed by atoms with van der Waals surface area (Å²) in [6, 6.07) is 5.40. The Balaban J connectivity index is 1.56. The smallest absolute Gasteiger partial charge is 0.173 e. The van der Waals surface area contributed by atoms with E-state index in [1.807, 2.05) is 13.0 Å². The molecule has 0 radical (unpaired) electrons. The van der Waals surface area contributed by atoms with Crippen molar-refractivity contribution in [3.63, 3.8) is 0 Å². The van der Waals surface area contributed by atoms with Crippen molar-refractivity contribution in [2.75, 3.05) is 19.0 Å². The van der Waals surface area contributed by atoms with E-state index in [0.29, 0.717) is 36.0 Å². The van der Waals surface area contributed by atoms with Gasteiger partial charge in [0, 0.05) is 22.2 Å². The van der Waals surface area contributed by atoms with Crippen LogP contribution in [0.5, 0.6) is 11.5 Å². The molecule has 1 aliphatic rings. The van der Waals surface area contributed by atoms with E-state index < -0.39 is 0 Å². The van der Waals surface area contributed by atoms with Gasteiger partial charge in [-0.15, -0.1) is 11.3 Å². The van der Waals surface area contributed by atoms with E-state index in [1.54, 1.807) is 23.5 Å². The number of hydrogen-bond donors (Lipinski definition) is 0. The highest BCUT2D eigenvalue weighted by molar-refractivity contribution is 8.00. The highest BCUT2D eigenvalue weighted by Gasteiger charge is 2.17. The van der Waals surface area contributed by atoms with Gasteiger partial charge in [-0.2, -0.15) is 0 Å². The number of fused-ring (bicyclic) bond motifs is 2. The minimum absolute atomic E-state index is 0.0460. The third kappa shape index (κ3) is 3.66. The molecule has 4 rings (SSSR count). The lowest BCUT2D eigenvalue weighted by atomic mass is 10.1. The second kappa shape index (κ2) is 7.48. The van der Waals surface area contributed by atoms with E-state index >= 15 is 0 Å². The van der Waals surface area contributed by atoms with Crippen LogP contribution in [0.1, 0.15) is 33.0 Å². The lowest BCUT2D eigenvalue weighted by Crippen LogP contribution is -2.04. The Hall–Kier alpha value is -2.12. The van der Waals surface area contributed by atoms with Crippen molar-refractivity contribution in [1.82, 2.24) is 9.97 Å². The Morgan fingerprint density at radius 1 is 1.15 bits per heavy atom. The Bertz CT molecular complexity index is 1030. The molecule has 1 aliphatic heterocycles. The number of benzene rings is 1. The molecule has 1 aromatic carbocycles. The highest BCUT2D eigenvalue weighted by Crippen LogP contribution is 2.36. The summed E-state index contributed by atoms with van der Waals surface area (Å²) in [6.07, 6.45) is 0.844. The van der Waals surface area contributed by atoms with Gasteiger partial charge in [-0.3, -0.25) is 4.79 Å². The molecule has 5 nitrogen and oxygen atoms in total. The predicted octanol–water partition coefficient (Wildman–Crippen LogP) is 4.75. The van der Waals surface area contributed by atoms with Crippen molar-refractivity contribution in [3.05, 3.63) is 40.0 Å². The van der Waals surface area contributed by atoms with Gasteiger partial charge in [0.15, 0.2) is 17.3 Å². The van der Waals surface area contributed by atoms with E-state index in [-0.39, 0.29) is 5.78 Å². The fourth-order valence-electron chi connectivity index (χ4n) is 2.97. The van der Waals surface area contributed by atoms with Crippen LogP contribution in [0, 0.1) is 20.8 Å². The fourth-order valence-corrected chi connectivity index (χ4v) is 5.14. The molecule has 7 heteroatoms. The number of ketones is 1. The number of Topliss-reactive ketones (excluding diaryl/α,β-unsaturated/α-hetero) is 1. The Labute approximate surface area is 166 Å². The number of ether oxygens (including phenoxy) is 2. The molecule has 0 atom stereocenters. The number of aryl methyl sites for hydroxylation is 3. The molecule has 0 unspecified atom stereocenters. The molecule has 0 fully saturated rings. The summed E-state index contributed by atoms with van der Waals surface area (Å²) in [4.78, 5) is 24.1. The summed E-state index contributed by atoms with van der Waals surface area (Å²) < 4.78 is 11.3. The summed E-state index contributed by atoms with van der Waals surface area (Å²) in [5, 5.41) is 1.95. The Morgan fingerprint density at radius 3 is 2.74 bits per heavy atom. The summed E-state index contributed by atoms with van der Waals surface area (Å²) in [7, 11) is 0. The van der Waals surface area contributed by atoms with Gasteiger partial charge in [0.2, 0.25) is 0 Å². The quantitative estimate of drug-likeness (QED) is 0.358. The van der Waals surface area contributed by atoms with Crippen LogP contribution < -0.4 is 9.47 Å². The first-order chi connectivity index (χ1) is 13.0. The van der Waals surface area contributed by atoms with E-state index in [0.717, 1.165) is 27.5 Å². The monoisotopic (exact) mass is 400 g/mol. The van der Waals surface area contributed by atoms with Crippen LogP contribution in [0.15, 0.2) is 23.2 Å². The maximum Gasteiger partial charge on any atom is 0.173 e. The predicted molar refractivity (Wildman–Crippen MR) is 109 cm³/mol. The van der Waals surface area contributed by atoms with Crippen LogP contribution in [0.25, 0.3) is 10.2 Å². The molecule has 0 bridgehead atoms. The van der Waals surface area contributed by atoms with Gasteiger partial charge in [0.1, 0.15) is 15.7 Å². The maximum absolute atomic E-state index is 12.7. The maximum atomic E-state index is 12.7. The summed E-state index contributed by atoms with van der Waals surface area (Å²) in [5.41, 5.74) is 1.83. The Kier molecular flexibility index (Phi) is 5.06. The van der Waals surface area contributed by atoms with E-state index in [9.17, 15) is 4.79 Å². The zero-order valence-electron chi connectivity index (χ0n) is 15.5. The number of nitrogens with zero attached hydrogens (tertiary/aromatic N) is 2. The van der Waals surface area contributed by atoms with E-state index in [1.165, 1.54) is 22.2 Å². The van der Waals surface area contributed by atoms with Crippen LogP contribution in [-0.4, -0.2) is 34.7 Å². The molecule has 0 aliphatic carbocycles. The van der Waals surface area contributed by atoms with Crippen molar-refractivity contribution >= 4 is 39.1 Å².